The Morgan fingerprint density at radius 2 is 1.69 bits per heavy atom. The molecule has 1 saturated heterocycles. The Morgan fingerprint density at radius 3 is 2.41 bits per heavy atom. The van der Waals surface area contributed by atoms with E-state index in [1.807, 2.05) is 35.2 Å². The summed E-state index contributed by atoms with van der Waals surface area (Å²) >= 11 is 0. The van der Waals surface area contributed by atoms with E-state index < -0.39 is 17.6 Å². The number of H-pyrrole nitrogens is 1. The number of fused-ring (bicyclic) bond motifs is 1. The van der Waals surface area contributed by atoms with E-state index in [2.05, 4.69) is 27.3 Å². The Hall–Kier alpha value is -3.89. The molecule has 1 fully saturated rings. The van der Waals surface area contributed by atoms with Gasteiger partial charge in [0.15, 0.2) is 6.61 Å². The first-order valence-corrected chi connectivity index (χ1v) is 12.9. The van der Waals surface area contributed by atoms with Gasteiger partial charge in [0, 0.05) is 43.8 Å². The number of aromatic nitrogens is 2. The van der Waals surface area contributed by atoms with Gasteiger partial charge in [-0.25, -0.2) is 0 Å². The number of halogens is 3. The van der Waals surface area contributed by atoms with Gasteiger partial charge in [-0.3, -0.25) is 14.8 Å². The van der Waals surface area contributed by atoms with Gasteiger partial charge in [-0.05, 0) is 59.6 Å². The summed E-state index contributed by atoms with van der Waals surface area (Å²) in [5.74, 6) is -0.0613. The van der Waals surface area contributed by atoms with E-state index in [0.717, 1.165) is 60.8 Å². The topological polar surface area (TPSA) is 73.5 Å². The molecule has 10 heteroatoms. The summed E-state index contributed by atoms with van der Waals surface area (Å²) < 4.78 is 47.1. The van der Waals surface area contributed by atoms with Gasteiger partial charge < -0.3 is 15.0 Å². The van der Waals surface area contributed by atoms with Crippen molar-refractivity contribution in [3.8, 4) is 16.9 Å². The molecule has 3 aromatic carbocycles. The van der Waals surface area contributed by atoms with Crippen LogP contribution < -0.4 is 10.1 Å². The second-order valence-electron chi connectivity index (χ2n) is 9.61. The number of hydrogen-bond donors (Lipinski definition) is 2. The Morgan fingerprint density at radius 1 is 0.974 bits per heavy atom. The molecule has 1 amide bonds. The lowest BCUT2D eigenvalue weighted by Gasteiger charge is -2.34. The minimum absolute atomic E-state index is 0.0838. The van der Waals surface area contributed by atoms with Crippen molar-refractivity contribution in [3.63, 3.8) is 0 Å². The normalized spacial score (nSPS) is 15.0. The lowest BCUT2D eigenvalue weighted by molar-refractivity contribution is -0.138. The maximum atomic E-state index is 13.9. The minimum atomic E-state index is -4.53. The molecule has 7 nitrogen and oxygen atoms in total. The number of amides is 1. The van der Waals surface area contributed by atoms with Crippen LogP contribution in [0.4, 0.5) is 18.9 Å². The highest BCUT2D eigenvalue weighted by molar-refractivity contribution is 5.92. The van der Waals surface area contributed by atoms with Crippen LogP contribution in [-0.4, -0.2) is 65.2 Å². The van der Waals surface area contributed by atoms with Crippen molar-refractivity contribution in [2.45, 2.75) is 19.6 Å². The molecule has 0 bridgehead atoms. The Bertz CT molecular complexity index is 1430. The molecule has 0 aliphatic carbocycles. The average Bonchev–Trinajstić information content (AvgIpc) is 3.41. The zero-order valence-corrected chi connectivity index (χ0v) is 21.6. The van der Waals surface area contributed by atoms with Crippen LogP contribution in [0.5, 0.6) is 5.75 Å². The molecule has 2 heterocycles. The minimum Gasteiger partial charge on any atom is -0.484 e. The fourth-order valence-electron chi connectivity index (χ4n) is 4.77. The zero-order chi connectivity index (χ0) is 27.4. The number of nitrogens with one attached hydrogen (secondary N) is 2. The van der Waals surface area contributed by atoms with E-state index in [0.29, 0.717) is 5.75 Å². The van der Waals surface area contributed by atoms with Crippen LogP contribution in [0.25, 0.3) is 22.0 Å². The van der Waals surface area contributed by atoms with Crippen molar-refractivity contribution in [2.24, 2.45) is 0 Å². The van der Waals surface area contributed by atoms with E-state index >= 15 is 0 Å². The smallest absolute Gasteiger partial charge is 0.416 e. The summed E-state index contributed by atoms with van der Waals surface area (Å²) in [6.07, 6.45) is -2.77. The number of rotatable bonds is 8. The molecule has 204 valence electrons. The molecule has 1 aromatic heterocycles. The molecule has 0 unspecified atom stereocenters. The number of anilines is 1. The van der Waals surface area contributed by atoms with E-state index in [1.165, 1.54) is 12.1 Å². The second-order valence-corrected chi connectivity index (χ2v) is 9.61. The maximum absolute atomic E-state index is 13.9. The average molecular weight is 538 g/mol. The van der Waals surface area contributed by atoms with Crippen LogP contribution in [0.3, 0.4) is 0 Å². The Labute approximate surface area is 224 Å². The highest BCUT2D eigenvalue weighted by Crippen LogP contribution is 2.34. The number of alkyl halides is 3. The van der Waals surface area contributed by atoms with Crippen molar-refractivity contribution in [3.05, 3.63) is 78.0 Å². The van der Waals surface area contributed by atoms with Crippen molar-refractivity contribution >= 4 is 22.5 Å². The van der Waals surface area contributed by atoms with Crippen molar-refractivity contribution in [2.75, 3.05) is 44.6 Å². The van der Waals surface area contributed by atoms with Crippen LogP contribution in [0, 0.1) is 0 Å². The van der Waals surface area contributed by atoms with Crippen molar-refractivity contribution < 1.29 is 22.7 Å². The SMILES string of the molecule is CCN1CCN(Cc2ccc(NC(=O)COc3ccc(-c4ccc5[nH]ncc5c4)cc3)cc2C(F)(F)F)CC1. The maximum Gasteiger partial charge on any atom is 0.416 e. The molecule has 1 aliphatic rings. The van der Waals surface area contributed by atoms with E-state index in [1.54, 1.807) is 18.3 Å². The van der Waals surface area contributed by atoms with Gasteiger partial charge >= 0.3 is 6.18 Å². The third-order valence-corrected chi connectivity index (χ3v) is 7.00. The van der Waals surface area contributed by atoms with Gasteiger partial charge in [0.1, 0.15) is 5.75 Å². The highest BCUT2D eigenvalue weighted by Gasteiger charge is 2.34. The van der Waals surface area contributed by atoms with Gasteiger partial charge in [0.05, 0.1) is 17.3 Å². The van der Waals surface area contributed by atoms with Gasteiger partial charge in [-0.2, -0.15) is 18.3 Å². The third-order valence-electron chi connectivity index (χ3n) is 7.00. The van der Waals surface area contributed by atoms with E-state index in [4.69, 9.17) is 4.74 Å². The largest absolute Gasteiger partial charge is 0.484 e. The van der Waals surface area contributed by atoms with Crippen LogP contribution >= 0.6 is 0 Å². The first kappa shape index (κ1) is 26.7. The number of aromatic amines is 1. The molecular weight excluding hydrogens is 507 g/mol. The summed E-state index contributed by atoms with van der Waals surface area (Å²) in [5, 5.41) is 10.5. The molecule has 0 radical (unpaired) electrons. The fraction of sp³-hybridized carbons (Fsp3) is 0.310. The van der Waals surface area contributed by atoms with Gasteiger partial charge in [-0.15, -0.1) is 0 Å². The second kappa shape index (κ2) is 11.5. The summed E-state index contributed by atoms with van der Waals surface area (Å²) in [4.78, 5) is 16.8. The van der Waals surface area contributed by atoms with Gasteiger partial charge in [-0.1, -0.05) is 31.2 Å². The zero-order valence-electron chi connectivity index (χ0n) is 21.6. The van der Waals surface area contributed by atoms with Crippen molar-refractivity contribution in [1.82, 2.24) is 20.0 Å². The van der Waals surface area contributed by atoms with Crippen LogP contribution in [0.15, 0.2) is 66.9 Å². The first-order valence-electron chi connectivity index (χ1n) is 12.9. The summed E-state index contributed by atoms with van der Waals surface area (Å²) in [5.41, 5.74) is 2.49. The number of likely N-dealkylation sites (N-methyl/N-ethyl adjacent to an activating group) is 1. The number of nitrogens with zero attached hydrogens (tertiary/aromatic N) is 3. The highest BCUT2D eigenvalue weighted by atomic mass is 19.4. The fourth-order valence-corrected chi connectivity index (χ4v) is 4.77. The van der Waals surface area contributed by atoms with Gasteiger partial charge in [0.25, 0.3) is 5.91 Å². The Balaban J connectivity index is 1.18. The molecule has 1 aliphatic heterocycles. The summed E-state index contributed by atoms with van der Waals surface area (Å²) in [6.45, 7) is 6.04. The number of benzene rings is 3. The summed E-state index contributed by atoms with van der Waals surface area (Å²) in [6, 6.07) is 17.2. The molecule has 2 N–H and O–H groups in total. The number of ether oxygens (including phenoxy) is 1. The molecule has 5 rings (SSSR count). The van der Waals surface area contributed by atoms with Crippen LogP contribution in [0.1, 0.15) is 18.1 Å². The molecule has 0 atom stereocenters. The van der Waals surface area contributed by atoms with Crippen molar-refractivity contribution in [1.29, 1.82) is 0 Å². The monoisotopic (exact) mass is 537 g/mol. The predicted octanol–water partition coefficient (Wildman–Crippen LogP) is 5.40. The molecule has 39 heavy (non-hydrogen) atoms. The van der Waals surface area contributed by atoms with Crippen LogP contribution in [0.2, 0.25) is 0 Å². The number of piperazine rings is 1. The van der Waals surface area contributed by atoms with E-state index in [-0.39, 0.29) is 24.4 Å². The quantitative estimate of drug-likeness (QED) is 0.315. The lowest BCUT2D eigenvalue weighted by Crippen LogP contribution is -2.45. The number of carbonyl (C=O) groups is 1. The molecule has 4 aromatic rings. The van der Waals surface area contributed by atoms with Crippen LogP contribution in [-0.2, 0) is 17.5 Å². The number of hydrogen-bond acceptors (Lipinski definition) is 5. The van der Waals surface area contributed by atoms with E-state index in [9.17, 15) is 18.0 Å². The molecule has 0 spiro atoms. The summed E-state index contributed by atoms with van der Waals surface area (Å²) in [7, 11) is 0. The number of carbonyl (C=O) groups excluding carboxylic acids is 1. The van der Waals surface area contributed by atoms with Gasteiger partial charge in [0.2, 0.25) is 0 Å². The third kappa shape index (κ3) is 6.58. The molecular formula is C29H30F3N5O2. The Kier molecular flexibility index (Phi) is 7.85. The lowest BCUT2D eigenvalue weighted by atomic mass is 10.0. The predicted molar refractivity (Wildman–Crippen MR) is 144 cm³/mol. The molecule has 0 saturated carbocycles. The first-order chi connectivity index (χ1) is 18.8. The standard InChI is InChI=1S/C29H30F3N5O2/c1-2-36-11-13-37(14-12-36)18-22-3-7-24(16-26(22)29(30,31)32)34-28(38)19-39-25-8-4-20(5-9-25)21-6-10-27-23(15-21)17-33-35-27/h3-10,15-17H,2,11-14,18-19H2,1H3,(H,33,35)(H,34,38).